The molecule has 0 amide bonds. The Bertz CT molecular complexity index is 584. The van der Waals surface area contributed by atoms with Crippen LogP contribution in [0.2, 0.25) is 10.0 Å². The molecule has 2 aromatic carbocycles. The molecule has 0 bridgehead atoms. The highest BCUT2D eigenvalue weighted by Crippen LogP contribution is 2.27. The molecule has 0 aliphatic carbocycles. The van der Waals surface area contributed by atoms with E-state index in [4.69, 9.17) is 28.9 Å². The minimum atomic E-state index is -0.529. The van der Waals surface area contributed by atoms with Gasteiger partial charge in [-0.2, -0.15) is 0 Å². The van der Waals surface area contributed by atoms with Crippen LogP contribution < -0.4 is 5.73 Å². The first-order chi connectivity index (χ1) is 8.49. The quantitative estimate of drug-likeness (QED) is 0.864. The molecule has 0 fully saturated rings. The summed E-state index contributed by atoms with van der Waals surface area (Å²) in [5.74, 6) is -0.400. The molecular weight excluding hydrogens is 272 g/mol. The van der Waals surface area contributed by atoms with Gasteiger partial charge in [0.2, 0.25) is 0 Å². The summed E-state index contributed by atoms with van der Waals surface area (Å²) in [6, 6.07) is 9.39. The molecule has 0 aliphatic rings. The van der Waals surface area contributed by atoms with Crippen LogP contribution in [0.25, 0.3) is 0 Å². The van der Waals surface area contributed by atoms with E-state index in [0.717, 1.165) is 11.1 Å². The molecule has 0 saturated heterocycles. The Hall–Kier alpha value is -1.09. The lowest BCUT2D eigenvalue weighted by molar-refractivity contribution is 0.600. The molecule has 18 heavy (non-hydrogen) atoms. The lowest BCUT2D eigenvalue weighted by Gasteiger charge is -2.14. The van der Waals surface area contributed by atoms with Crippen LogP contribution in [0.4, 0.5) is 4.39 Å². The largest absolute Gasteiger partial charge is 0.320 e. The Morgan fingerprint density at radius 1 is 1.11 bits per heavy atom. The maximum atomic E-state index is 13.8. The van der Waals surface area contributed by atoms with Crippen molar-refractivity contribution in [2.75, 3.05) is 0 Å². The van der Waals surface area contributed by atoms with Gasteiger partial charge in [0, 0.05) is 15.6 Å². The van der Waals surface area contributed by atoms with Crippen molar-refractivity contribution < 1.29 is 4.39 Å². The summed E-state index contributed by atoms with van der Waals surface area (Å²) in [5.41, 5.74) is 8.21. The number of halogens is 3. The normalized spacial score (nSPS) is 12.5. The Morgan fingerprint density at radius 2 is 1.83 bits per heavy atom. The minimum absolute atomic E-state index is 0.357. The standard InChI is InChI=1S/C14H12Cl2FN/c1-8-6-9(2-5-12(8)16)14(18)11-4-3-10(15)7-13(11)17/h2-7,14H,18H2,1H3. The van der Waals surface area contributed by atoms with Crippen molar-refractivity contribution in [2.45, 2.75) is 13.0 Å². The first kappa shape index (κ1) is 13.3. The van der Waals surface area contributed by atoms with Crippen LogP contribution in [0.15, 0.2) is 36.4 Å². The fourth-order valence-corrected chi connectivity index (χ4v) is 2.07. The Morgan fingerprint density at radius 3 is 2.44 bits per heavy atom. The molecule has 0 aromatic heterocycles. The van der Waals surface area contributed by atoms with Crippen LogP contribution >= 0.6 is 23.2 Å². The highest BCUT2D eigenvalue weighted by atomic mass is 35.5. The van der Waals surface area contributed by atoms with E-state index in [1.165, 1.54) is 6.07 Å². The van der Waals surface area contributed by atoms with Gasteiger partial charge < -0.3 is 5.73 Å². The predicted octanol–water partition coefficient (Wildman–Crippen LogP) is 4.49. The summed E-state index contributed by atoms with van der Waals surface area (Å²) in [4.78, 5) is 0. The predicted molar refractivity (Wildman–Crippen MR) is 73.6 cm³/mol. The third-order valence-electron chi connectivity index (χ3n) is 2.84. The number of hydrogen-bond donors (Lipinski definition) is 1. The molecule has 94 valence electrons. The molecule has 1 unspecified atom stereocenters. The summed E-state index contributed by atoms with van der Waals surface area (Å²) >= 11 is 11.7. The maximum Gasteiger partial charge on any atom is 0.129 e. The number of aryl methyl sites for hydroxylation is 1. The van der Waals surface area contributed by atoms with Gasteiger partial charge in [0.1, 0.15) is 5.82 Å². The van der Waals surface area contributed by atoms with E-state index in [2.05, 4.69) is 0 Å². The second-order valence-electron chi connectivity index (χ2n) is 4.15. The van der Waals surface area contributed by atoms with Crippen LogP contribution in [0.3, 0.4) is 0 Å². The molecule has 1 nitrogen and oxygen atoms in total. The van der Waals surface area contributed by atoms with Gasteiger partial charge in [0.15, 0.2) is 0 Å². The maximum absolute atomic E-state index is 13.8. The van der Waals surface area contributed by atoms with E-state index in [9.17, 15) is 4.39 Å². The van der Waals surface area contributed by atoms with E-state index >= 15 is 0 Å². The van der Waals surface area contributed by atoms with Gasteiger partial charge >= 0.3 is 0 Å². The highest BCUT2D eigenvalue weighted by Gasteiger charge is 2.14. The monoisotopic (exact) mass is 283 g/mol. The summed E-state index contributed by atoms with van der Waals surface area (Å²) in [6.45, 7) is 1.89. The average molecular weight is 284 g/mol. The van der Waals surface area contributed by atoms with E-state index in [-0.39, 0.29) is 0 Å². The van der Waals surface area contributed by atoms with Gasteiger partial charge in [-0.3, -0.25) is 0 Å². The zero-order valence-electron chi connectivity index (χ0n) is 9.75. The van der Waals surface area contributed by atoms with Crippen LogP contribution in [-0.4, -0.2) is 0 Å². The van der Waals surface area contributed by atoms with Gasteiger partial charge in [-0.1, -0.05) is 41.4 Å². The summed E-state index contributed by atoms with van der Waals surface area (Å²) < 4.78 is 13.8. The van der Waals surface area contributed by atoms with Crippen molar-refractivity contribution in [1.29, 1.82) is 0 Å². The van der Waals surface area contributed by atoms with Crippen LogP contribution in [0.1, 0.15) is 22.7 Å². The SMILES string of the molecule is Cc1cc(C(N)c2ccc(Cl)cc2F)ccc1Cl. The molecular formula is C14H12Cl2FN. The first-order valence-corrected chi connectivity index (χ1v) is 6.21. The number of hydrogen-bond acceptors (Lipinski definition) is 1. The number of benzene rings is 2. The lowest BCUT2D eigenvalue weighted by atomic mass is 9.98. The van der Waals surface area contributed by atoms with E-state index < -0.39 is 11.9 Å². The van der Waals surface area contributed by atoms with Gasteiger partial charge in [-0.05, 0) is 36.2 Å². The Kier molecular flexibility index (Phi) is 3.91. The smallest absolute Gasteiger partial charge is 0.129 e. The van der Waals surface area contributed by atoms with Gasteiger partial charge in [-0.25, -0.2) is 4.39 Å². The van der Waals surface area contributed by atoms with E-state index in [1.54, 1.807) is 24.3 Å². The molecule has 2 aromatic rings. The van der Waals surface area contributed by atoms with E-state index in [1.807, 2.05) is 13.0 Å². The molecule has 0 spiro atoms. The molecule has 0 saturated carbocycles. The van der Waals surface area contributed by atoms with Crippen molar-refractivity contribution >= 4 is 23.2 Å². The van der Waals surface area contributed by atoms with Crippen LogP contribution in [0, 0.1) is 12.7 Å². The van der Waals surface area contributed by atoms with Crippen molar-refractivity contribution in [3.63, 3.8) is 0 Å². The van der Waals surface area contributed by atoms with Crippen LogP contribution in [0.5, 0.6) is 0 Å². The molecule has 2 rings (SSSR count). The van der Waals surface area contributed by atoms with Crippen LogP contribution in [-0.2, 0) is 0 Å². The number of nitrogens with two attached hydrogens (primary N) is 1. The molecule has 0 radical (unpaired) electrons. The third-order valence-corrected chi connectivity index (χ3v) is 3.50. The molecule has 2 N–H and O–H groups in total. The van der Waals surface area contributed by atoms with Gasteiger partial charge in [0.05, 0.1) is 6.04 Å². The molecule has 4 heteroatoms. The Balaban J connectivity index is 2.41. The highest BCUT2D eigenvalue weighted by molar-refractivity contribution is 6.31. The topological polar surface area (TPSA) is 26.0 Å². The fourth-order valence-electron chi connectivity index (χ4n) is 1.79. The second kappa shape index (κ2) is 5.27. The molecule has 1 atom stereocenters. The van der Waals surface area contributed by atoms with Crippen molar-refractivity contribution in [3.8, 4) is 0 Å². The summed E-state index contributed by atoms with van der Waals surface area (Å²) in [6.07, 6.45) is 0. The zero-order valence-corrected chi connectivity index (χ0v) is 11.3. The average Bonchev–Trinajstić information content (AvgIpc) is 2.32. The van der Waals surface area contributed by atoms with E-state index in [0.29, 0.717) is 15.6 Å². The zero-order chi connectivity index (χ0) is 13.3. The number of rotatable bonds is 2. The molecule has 0 heterocycles. The first-order valence-electron chi connectivity index (χ1n) is 5.45. The summed E-state index contributed by atoms with van der Waals surface area (Å²) in [5, 5.41) is 1.03. The van der Waals surface area contributed by atoms with Crippen molar-refractivity contribution in [3.05, 3.63) is 69.0 Å². The summed E-state index contributed by atoms with van der Waals surface area (Å²) in [7, 11) is 0. The van der Waals surface area contributed by atoms with Crippen molar-refractivity contribution in [2.24, 2.45) is 5.73 Å². The second-order valence-corrected chi connectivity index (χ2v) is 5.00. The van der Waals surface area contributed by atoms with Gasteiger partial charge in [-0.15, -0.1) is 0 Å². The van der Waals surface area contributed by atoms with Crippen molar-refractivity contribution in [1.82, 2.24) is 0 Å². The van der Waals surface area contributed by atoms with Gasteiger partial charge in [0.25, 0.3) is 0 Å². The fraction of sp³-hybridized carbons (Fsp3) is 0.143. The Labute approximate surface area is 115 Å². The molecule has 0 aliphatic heterocycles. The lowest BCUT2D eigenvalue weighted by Crippen LogP contribution is -2.13. The minimum Gasteiger partial charge on any atom is -0.320 e. The third kappa shape index (κ3) is 2.66.